The molecule has 0 radical (unpaired) electrons. The molecule has 5 atom stereocenters. The zero-order valence-corrected chi connectivity index (χ0v) is 19.5. The predicted molar refractivity (Wildman–Crippen MR) is 102 cm³/mol. The second kappa shape index (κ2) is 8.76. The normalized spacial score (nSPS) is 26.0. The van der Waals surface area contributed by atoms with E-state index in [9.17, 15) is 28.5 Å². The van der Waals surface area contributed by atoms with Gasteiger partial charge >= 0.3 is 179 Å². The Morgan fingerprint density at radius 2 is 2.00 bits per heavy atom. The van der Waals surface area contributed by atoms with Gasteiger partial charge in [0.2, 0.25) is 0 Å². The van der Waals surface area contributed by atoms with Gasteiger partial charge in [-0.2, -0.15) is 0 Å². The summed E-state index contributed by atoms with van der Waals surface area (Å²) < 4.78 is 53.9. The molecule has 1 fully saturated rings. The number of nitrogens with zero attached hydrogens (tertiary/aromatic N) is 3. The van der Waals surface area contributed by atoms with Crippen LogP contribution in [-0.2, 0) is 31.6 Å². The molecule has 1 aliphatic rings. The third kappa shape index (κ3) is 6.30. The Morgan fingerprint density at radius 1 is 1.32 bits per heavy atom. The van der Waals surface area contributed by atoms with Crippen LogP contribution in [0.2, 0.25) is 0 Å². The number of aliphatic hydroxyl groups excluding tert-OH is 1. The molecule has 174 valence electrons. The maximum atomic E-state index is 12.2. The topological polar surface area (TPSA) is 259 Å². The Bertz CT molecular complexity index is 1180. The van der Waals surface area contributed by atoms with Gasteiger partial charge in [-0.15, -0.1) is 0 Å². The van der Waals surface area contributed by atoms with E-state index in [1.165, 1.54) is 26.5 Å². The van der Waals surface area contributed by atoms with Crippen LogP contribution in [-0.4, -0.2) is 73.7 Å². The maximum absolute atomic E-state index is 12.2. The van der Waals surface area contributed by atoms with Crippen molar-refractivity contribution in [1.82, 2.24) is 19.5 Å². The minimum absolute atomic E-state index is 0.0143. The molecule has 0 bridgehead atoms. The average molecular weight is 570 g/mol. The number of aliphatic hydroxyl groups is 1. The molecule has 0 amide bonds. The summed E-state index contributed by atoms with van der Waals surface area (Å²) in [5.74, 6) is -0.162. The SMILES string of the molecule is Nc1nc2c(ncn2[C@H]2C[C@H](O)[C@@H](CO[P@@](=O)([SeH])OP(=O)(O)OP(=O)(O)O)O2)c(=O)[nH]1. The predicted octanol–water partition coefficient (Wildman–Crippen LogP) is -1.40. The van der Waals surface area contributed by atoms with Crippen LogP contribution < -0.4 is 11.3 Å². The van der Waals surface area contributed by atoms with Crippen molar-refractivity contribution in [2.24, 2.45) is 0 Å². The van der Waals surface area contributed by atoms with Gasteiger partial charge in [0, 0.05) is 0 Å². The van der Waals surface area contributed by atoms with Gasteiger partial charge in [-0.3, -0.25) is 0 Å². The van der Waals surface area contributed by atoms with E-state index in [1.54, 1.807) is 0 Å². The fraction of sp³-hybridized carbons (Fsp3) is 0.500. The molecule has 7 N–H and O–H groups in total. The van der Waals surface area contributed by atoms with Crippen LogP contribution in [0.5, 0.6) is 0 Å². The number of nitrogens with one attached hydrogen (secondary N) is 1. The summed E-state index contributed by atoms with van der Waals surface area (Å²) in [4.78, 5) is 48.4. The van der Waals surface area contributed by atoms with Gasteiger partial charge in [0.05, 0.1) is 0 Å². The number of nitrogen functional groups attached to an aromatic ring is 1. The van der Waals surface area contributed by atoms with Crippen LogP contribution in [0.4, 0.5) is 5.95 Å². The van der Waals surface area contributed by atoms with Crippen molar-refractivity contribution in [2.45, 2.75) is 24.9 Å². The monoisotopic (exact) mass is 571 g/mol. The third-order valence-electron chi connectivity index (χ3n) is 3.78. The van der Waals surface area contributed by atoms with Crippen molar-refractivity contribution in [3.8, 4) is 0 Å². The fourth-order valence-electron chi connectivity index (χ4n) is 2.66. The number of phosphoric acid groups is 2. The third-order valence-corrected chi connectivity index (χ3v) is 9.69. The molecule has 2 aromatic heterocycles. The first-order valence-corrected chi connectivity index (χ1v) is 15.0. The van der Waals surface area contributed by atoms with E-state index in [0.717, 1.165) is 0 Å². The summed E-state index contributed by atoms with van der Waals surface area (Å²) in [6.07, 6.45) is -6.34. The average Bonchev–Trinajstić information content (AvgIpc) is 3.13. The Hall–Kier alpha value is -0.961. The first kappa shape index (κ1) is 24.7. The molecule has 0 saturated carbocycles. The fourth-order valence-corrected chi connectivity index (χ4v) is 7.85. The number of hydrogen-bond donors (Lipinski definition) is 6. The zero-order chi connectivity index (χ0) is 23.2. The van der Waals surface area contributed by atoms with E-state index in [1.807, 2.05) is 0 Å². The summed E-state index contributed by atoms with van der Waals surface area (Å²) in [7, 11) is -10.9. The molecule has 1 aliphatic heterocycles. The number of aromatic nitrogens is 4. The van der Waals surface area contributed by atoms with Crippen LogP contribution in [0.1, 0.15) is 12.6 Å². The summed E-state index contributed by atoms with van der Waals surface area (Å²) in [5.41, 5.74) is 5.03. The van der Waals surface area contributed by atoms with Crippen molar-refractivity contribution < 1.29 is 51.4 Å². The molecule has 0 aromatic carbocycles. The molecule has 1 unspecified atom stereocenters. The van der Waals surface area contributed by atoms with Crippen LogP contribution >= 0.6 is 21.9 Å². The molecule has 21 heteroatoms. The second-order valence-corrected chi connectivity index (χ2v) is 13.6. The number of ether oxygens (including phenoxy) is 1. The number of fused-ring (bicyclic) bond motifs is 1. The number of aromatic amines is 1. The van der Waals surface area contributed by atoms with Gasteiger partial charge in [0.25, 0.3) is 0 Å². The zero-order valence-electron chi connectivity index (χ0n) is 15.0. The molecular weight excluding hydrogens is 554 g/mol. The van der Waals surface area contributed by atoms with Crippen molar-refractivity contribution in [1.29, 1.82) is 0 Å². The van der Waals surface area contributed by atoms with Gasteiger partial charge in [-0.25, -0.2) is 0 Å². The number of H-pyrrole nitrogens is 1. The summed E-state index contributed by atoms with van der Waals surface area (Å²) in [6, 6.07) is 0. The van der Waals surface area contributed by atoms with Crippen LogP contribution in [0.15, 0.2) is 11.1 Å². The van der Waals surface area contributed by atoms with Gasteiger partial charge in [0.1, 0.15) is 0 Å². The van der Waals surface area contributed by atoms with E-state index in [2.05, 4.69) is 23.6 Å². The summed E-state index contributed by atoms with van der Waals surface area (Å²) in [5, 5.41) is 10.2. The number of rotatable bonds is 8. The van der Waals surface area contributed by atoms with Crippen LogP contribution in [0.25, 0.3) is 11.2 Å². The van der Waals surface area contributed by atoms with Gasteiger partial charge in [-0.1, -0.05) is 0 Å². The first-order valence-electron chi connectivity index (χ1n) is 8.00. The number of hydrogen-bond acceptors (Lipinski definition) is 12. The number of imidazole rings is 1. The van der Waals surface area contributed by atoms with Gasteiger partial charge in [-0.05, 0) is 0 Å². The van der Waals surface area contributed by atoms with Gasteiger partial charge < -0.3 is 0 Å². The van der Waals surface area contributed by atoms with E-state index < -0.39 is 52.5 Å². The quantitative estimate of drug-likeness (QED) is 0.158. The first-order chi connectivity index (χ1) is 14.2. The number of nitrogens with two attached hydrogens (primary N) is 1. The van der Waals surface area contributed by atoms with Crippen molar-refractivity contribution in [2.75, 3.05) is 12.3 Å². The molecule has 0 aliphatic carbocycles. The Morgan fingerprint density at radius 3 is 2.65 bits per heavy atom. The Balaban J connectivity index is 1.67. The van der Waals surface area contributed by atoms with Crippen LogP contribution in [0.3, 0.4) is 0 Å². The van der Waals surface area contributed by atoms with Crippen molar-refractivity contribution in [3.05, 3.63) is 16.7 Å². The van der Waals surface area contributed by atoms with Crippen molar-refractivity contribution in [3.63, 3.8) is 0 Å². The van der Waals surface area contributed by atoms with E-state index in [4.69, 9.17) is 24.8 Å². The Labute approximate surface area is 179 Å². The number of anilines is 1. The standard InChI is InChI=1S/C10H16N5O12P3Se/c11-10-13-8-7(9(17)14-10)12-3-15(8)6-1-4(16)5(25-6)2-24-30(23,31)27-29(21,22)26-28(18,19)20/h3-6,16H,1-2H2,(H,21,22)(H,23,31)(H2,18,19,20)(H3,11,13,14,17)/t4-,5+,6+,30+/m0/s1. The van der Waals surface area contributed by atoms with Crippen LogP contribution in [0, 0.1) is 0 Å². The molecular formula is C10H16N5O12P3Se. The molecule has 3 rings (SSSR count). The summed E-state index contributed by atoms with van der Waals surface area (Å²) >= 11 is 1.30. The van der Waals surface area contributed by atoms with E-state index >= 15 is 0 Å². The molecule has 2 aromatic rings. The van der Waals surface area contributed by atoms with Crippen molar-refractivity contribution >= 4 is 54.6 Å². The molecule has 1 saturated heterocycles. The Kier molecular flexibility index (Phi) is 6.98. The minimum atomic E-state index is -5.44. The summed E-state index contributed by atoms with van der Waals surface area (Å²) in [6.45, 7) is -0.609. The van der Waals surface area contributed by atoms with Gasteiger partial charge in [0.15, 0.2) is 0 Å². The molecule has 0 spiro atoms. The van der Waals surface area contributed by atoms with E-state index in [-0.39, 0.29) is 23.5 Å². The molecule has 31 heavy (non-hydrogen) atoms. The van der Waals surface area contributed by atoms with E-state index in [0.29, 0.717) is 0 Å². The second-order valence-electron chi connectivity index (χ2n) is 6.09. The molecule has 17 nitrogen and oxygen atoms in total. The molecule has 3 heterocycles.